The van der Waals surface area contributed by atoms with Crippen LogP contribution in [0.4, 0.5) is 5.00 Å². The average molecular weight is 269 g/mol. The van der Waals surface area contributed by atoms with Gasteiger partial charge in [-0.1, -0.05) is 6.92 Å². The molecule has 2 rings (SSSR count). The Bertz CT molecular complexity index is 400. The summed E-state index contributed by atoms with van der Waals surface area (Å²) in [7, 11) is 0. The number of likely N-dealkylation sites (tertiary alicyclic amines) is 1. The zero-order chi connectivity index (χ0) is 13.0. The molecule has 1 aromatic heterocycles. The lowest BCUT2D eigenvalue weighted by atomic mass is 10.1. The fourth-order valence-electron chi connectivity index (χ4n) is 2.30. The van der Waals surface area contributed by atoms with Crippen molar-refractivity contribution in [1.82, 2.24) is 9.88 Å². The monoisotopic (exact) mass is 269 g/mol. The van der Waals surface area contributed by atoms with Gasteiger partial charge in [0.1, 0.15) is 5.00 Å². The van der Waals surface area contributed by atoms with Crippen LogP contribution in [0.15, 0.2) is 5.51 Å². The molecule has 2 heterocycles. The van der Waals surface area contributed by atoms with Gasteiger partial charge in [-0.25, -0.2) is 9.78 Å². The van der Waals surface area contributed by atoms with E-state index in [2.05, 4.69) is 22.1 Å². The van der Waals surface area contributed by atoms with E-state index in [4.69, 9.17) is 5.11 Å². The first-order chi connectivity index (χ1) is 8.70. The molecule has 0 amide bonds. The second-order valence-corrected chi connectivity index (χ2v) is 5.45. The quantitative estimate of drug-likeness (QED) is 0.857. The number of rotatable bonds is 5. The summed E-state index contributed by atoms with van der Waals surface area (Å²) < 4.78 is 0. The minimum Gasteiger partial charge on any atom is -0.476 e. The molecular weight excluding hydrogens is 250 g/mol. The van der Waals surface area contributed by atoms with Crippen LogP contribution in [-0.4, -0.2) is 46.6 Å². The van der Waals surface area contributed by atoms with Crippen molar-refractivity contribution in [3.63, 3.8) is 0 Å². The highest BCUT2D eigenvalue weighted by molar-refractivity contribution is 7.14. The third-order valence-corrected chi connectivity index (χ3v) is 3.99. The van der Waals surface area contributed by atoms with Crippen molar-refractivity contribution in [2.75, 3.05) is 25.0 Å². The highest BCUT2D eigenvalue weighted by Crippen LogP contribution is 2.24. The molecule has 0 radical (unpaired) electrons. The van der Waals surface area contributed by atoms with Crippen molar-refractivity contribution in [2.45, 2.75) is 32.2 Å². The molecule has 5 nitrogen and oxygen atoms in total. The van der Waals surface area contributed by atoms with Gasteiger partial charge >= 0.3 is 5.97 Å². The van der Waals surface area contributed by atoms with Crippen molar-refractivity contribution >= 4 is 22.3 Å². The van der Waals surface area contributed by atoms with Gasteiger partial charge in [0.05, 0.1) is 5.51 Å². The summed E-state index contributed by atoms with van der Waals surface area (Å²) >= 11 is 1.37. The summed E-state index contributed by atoms with van der Waals surface area (Å²) in [6.45, 7) is 5.54. The Hall–Kier alpha value is -1.14. The number of carbonyl (C=O) groups is 1. The summed E-state index contributed by atoms with van der Waals surface area (Å²) in [4.78, 5) is 17.3. The molecule has 1 saturated heterocycles. The van der Waals surface area contributed by atoms with Crippen LogP contribution in [0.25, 0.3) is 0 Å². The third-order valence-electron chi connectivity index (χ3n) is 3.23. The second kappa shape index (κ2) is 6.15. The minimum absolute atomic E-state index is 0.149. The second-order valence-electron chi connectivity index (χ2n) is 4.60. The lowest BCUT2D eigenvalue weighted by molar-refractivity contribution is 0.0692. The fraction of sp³-hybridized carbons (Fsp3) is 0.667. The molecular formula is C12H19N3O2S. The largest absolute Gasteiger partial charge is 0.476 e. The summed E-state index contributed by atoms with van der Waals surface area (Å²) in [5.74, 6) is -0.956. The number of hydrogen-bond acceptors (Lipinski definition) is 5. The number of carboxylic acids is 1. The molecule has 0 aliphatic carbocycles. The molecule has 0 saturated carbocycles. The lowest BCUT2D eigenvalue weighted by Crippen LogP contribution is -2.39. The SMILES string of the molecule is CCCN1CCC(Nc2scnc2C(=O)O)CC1. The molecule has 0 spiro atoms. The lowest BCUT2D eigenvalue weighted by Gasteiger charge is -2.32. The van der Waals surface area contributed by atoms with Crippen LogP contribution >= 0.6 is 11.3 Å². The molecule has 1 aromatic rings. The number of aromatic nitrogens is 1. The standard InChI is InChI=1S/C12H19N3O2S/c1-2-5-15-6-3-9(4-7-15)14-11-10(12(16)17)13-8-18-11/h8-9,14H,2-7H2,1H3,(H,16,17). The van der Waals surface area contributed by atoms with Gasteiger partial charge in [-0.3, -0.25) is 0 Å². The van der Waals surface area contributed by atoms with E-state index in [1.807, 2.05) is 0 Å². The van der Waals surface area contributed by atoms with Gasteiger partial charge in [0.25, 0.3) is 0 Å². The zero-order valence-corrected chi connectivity index (χ0v) is 11.4. The number of anilines is 1. The van der Waals surface area contributed by atoms with E-state index in [9.17, 15) is 4.79 Å². The molecule has 0 aromatic carbocycles. The Labute approximate surface area is 111 Å². The highest BCUT2D eigenvalue weighted by atomic mass is 32.1. The van der Waals surface area contributed by atoms with Crippen molar-refractivity contribution in [3.05, 3.63) is 11.2 Å². The van der Waals surface area contributed by atoms with Crippen LogP contribution in [0.5, 0.6) is 0 Å². The molecule has 0 bridgehead atoms. The first kappa shape index (κ1) is 13.3. The minimum atomic E-state index is -0.956. The maximum Gasteiger partial charge on any atom is 0.357 e. The summed E-state index contributed by atoms with van der Waals surface area (Å²) in [5, 5.41) is 13.0. The Balaban J connectivity index is 1.88. The van der Waals surface area contributed by atoms with Gasteiger partial charge in [0, 0.05) is 19.1 Å². The van der Waals surface area contributed by atoms with Gasteiger partial charge in [-0.15, -0.1) is 11.3 Å². The van der Waals surface area contributed by atoms with Crippen molar-refractivity contribution in [1.29, 1.82) is 0 Å². The van der Waals surface area contributed by atoms with Crippen LogP contribution in [0, 0.1) is 0 Å². The molecule has 0 atom stereocenters. The predicted molar refractivity (Wildman–Crippen MR) is 72.4 cm³/mol. The predicted octanol–water partition coefficient (Wildman–Crippen LogP) is 2.13. The maximum atomic E-state index is 11.0. The summed E-state index contributed by atoms with van der Waals surface area (Å²) in [6, 6.07) is 0.372. The van der Waals surface area contributed by atoms with Gasteiger partial charge in [-0.05, 0) is 25.8 Å². The van der Waals surface area contributed by atoms with E-state index < -0.39 is 5.97 Å². The van der Waals surface area contributed by atoms with E-state index in [0.29, 0.717) is 11.0 Å². The number of aromatic carboxylic acids is 1. The number of piperidine rings is 1. The third kappa shape index (κ3) is 3.20. The average Bonchev–Trinajstić information content (AvgIpc) is 2.80. The topological polar surface area (TPSA) is 65.5 Å². The molecule has 1 aliphatic heterocycles. The normalized spacial score (nSPS) is 17.8. The van der Waals surface area contributed by atoms with Gasteiger partial charge in [-0.2, -0.15) is 0 Å². The molecule has 6 heteroatoms. The molecule has 0 unspecified atom stereocenters. The first-order valence-corrected chi connectivity index (χ1v) is 7.24. The van der Waals surface area contributed by atoms with Crippen LogP contribution in [0.2, 0.25) is 0 Å². The maximum absolute atomic E-state index is 11.0. The summed E-state index contributed by atoms with van der Waals surface area (Å²) in [6.07, 6.45) is 3.32. The number of thiazole rings is 1. The van der Waals surface area contributed by atoms with E-state index in [1.165, 1.54) is 17.8 Å². The van der Waals surface area contributed by atoms with E-state index in [-0.39, 0.29) is 5.69 Å². The molecule has 1 fully saturated rings. The first-order valence-electron chi connectivity index (χ1n) is 6.36. The van der Waals surface area contributed by atoms with Crippen LogP contribution in [0.3, 0.4) is 0 Å². The van der Waals surface area contributed by atoms with E-state index in [1.54, 1.807) is 5.51 Å². The number of nitrogens with one attached hydrogen (secondary N) is 1. The van der Waals surface area contributed by atoms with Gasteiger partial charge in [0.15, 0.2) is 5.69 Å². The van der Waals surface area contributed by atoms with Crippen molar-refractivity contribution in [3.8, 4) is 0 Å². The zero-order valence-electron chi connectivity index (χ0n) is 10.6. The van der Waals surface area contributed by atoms with Gasteiger partial charge < -0.3 is 15.3 Å². The number of nitrogens with zero attached hydrogens (tertiary/aromatic N) is 2. The van der Waals surface area contributed by atoms with Crippen LogP contribution < -0.4 is 5.32 Å². The Morgan fingerprint density at radius 3 is 2.94 bits per heavy atom. The molecule has 100 valence electrons. The van der Waals surface area contributed by atoms with Gasteiger partial charge in [0.2, 0.25) is 0 Å². The number of hydrogen-bond donors (Lipinski definition) is 2. The van der Waals surface area contributed by atoms with Crippen molar-refractivity contribution in [2.24, 2.45) is 0 Å². The fourth-order valence-corrected chi connectivity index (χ4v) is 3.05. The van der Waals surface area contributed by atoms with Crippen LogP contribution in [-0.2, 0) is 0 Å². The van der Waals surface area contributed by atoms with Crippen molar-refractivity contribution < 1.29 is 9.90 Å². The summed E-state index contributed by atoms with van der Waals surface area (Å²) in [5.41, 5.74) is 1.73. The Morgan fingerprint density at radius 1 is 1.61 bits per heavy atom. The highest BCUT2D eigenvalue weighted by Gasteiger charge is 2.21. The smallest absolute Gasteiger partial charge is 0.357 e. The van der Waals surface area contributed by atoms with E-state index >= 15 is 0 Å². The number of carboxylic acid groups (broad SMARTS) is 1. The van der Waals surface area contributed by atoms with Crippen LogP contribution in [0.1, 0.15) is 36.7 Å². The molecule has 2 N–H and O–H groups in total. The molecule has 1 aliphatic rings. The Kier molecular flexibility index (Phi) is 4.54. The molecule has 18 heavy (non-hydrogen) atoms. The Morgan fingerprint density at radius 2 is 2.33 bits per heavy atom. The van der Waals surface area contributed by atoms with E-state index in [0.717, 1.165) is 32.5 Å².